The maximum atomic E-state index is 12.8. The predicted molar refractivity (Wildman–Crippen MR) is 125 cm³/mol. The first kappa shape index (κ1) is 20.4. The molecule has 0 atom stereocenters. The first-order valence-corrected chi connectivity index (χ1v) is 10.1. The number of pyridine rings is 1. The Kier molecular flexibility index (Phi) is 6.08. The fourth-order valence-corrected chi connectivity index (χ4v) is 3.55. The van der Waals surface area contributed by atoms with Crippen LogP contribution in [-0.4, -0.2) is 10.5 Å². The van der Waals surface area contributed by atoms with Crippen molar-refractivity contribution >= 4 is 11.6 Å². The summed E-state index contributed by atoms with van der Waals surface area (Å²) in [5, 5.41) is 2.96. The van der Waals surface area contributed by atoms with Gasteiger partial charge in [0.15, 0.2) is 0 Å². The van der Waals surface area contributed by atoms with Crippen molar-refractivity contribution in [1.82, 2.24) is 4.57 Å². The Hall–Kier alpha value is -3.92. The van der Waals surface area contributed by atoms with E-state index in [1.807, 2.05) is 84.9 Å². The molecule has 153 valence electrons. The monoisotopic (exact) mass is 407 g/mol. The molecule has 0 unspecified atom stereocenters. The summed E-state index contributed by atoms with van der Waals surface area (Å²) < 4.78 is 1.55. The molecule has 4 aromatic rings. The maximum absolute atomic E-state index is 12.8. The van der Waals surface area contributed by atoms with Crippen LogP contribution in [0, 0.1) is 6.42 Å². The van der Waals surface area contributed by atoms with Crippen LogP contribution in [0.4, 0.5) is 5.69 Å². The number of amides is 1. The highest BCUT2D eigenvalue weighted by Crippen LogP contribution is 2.28. The van der Waals surface area contributed by atoms with Crippen LogP contribution in [0.25, 0.3) is 11.1 Å². The largest absolute Gasteiger partial charge is 0.326 e. The van der Waals surface area contributed by atoms with E-state index >= 15 is 0 Å². The smallest absolute Gasteiger partial charge is 0.250 e. The topological polar surface area (TPSA) is 51.1 Å². The van der Waals surface area contributed by atoms with E-state index in [0.717, 1.165) is 27.9 Å². The number of anilines is 1. The van der Waals surface area contributed by atoms with Crippen LogP contribution in [-0.2, 0) is 11.8 Å². The summed E-state index contributed by atoms with van der Waals surface area (Å²) in [7, 11) is 1.73. The van der Waals surface area contributed by atoms with Gasteiger partial charge in [-0.3, -0.25) is 9.59 Å². The van der Waals surface area contributed by atoms with E-state index in [2.05, 4.69) is 5.32 Å². The van der Waals surface area contributed by atoms with Gasteiger partial charge in [0, 0.05) is 30.9 Å². The van der Waals surface area contributed by atoms with Gasteiger partial charge in [0.1, 0.15) is 0 Å². The summed E-state index contributed by atoms with van der Waals surface area (Å²) in [6, 6.07) is 30.9. The van der Waals surface area contributed by atoms with Gasteiger partial charge in [-0.05, 0) is 40.5 Å². The molecule has 3 aromatic carbocycles. The molecular formula is C27H23N2O2. The van der Waals surface area contributed by atoms with Gasteiger partial charge in [-0.15, -0.1) is 0 Å². The van der Waals surface area contributed by atoms with Gasteiger partial charge in [-0.2, -0.15) is 0 Å². The van der Waals surface area contributed by atoms with E-state index < -0.39 is 0 Å². The van der Waals surface area contributed by atoms with E-state index in [4.69, 9.17) is 0 Å². The molecule has 0 saturated carbocycles. The van der Waals surface area contributed by atoms with Crippen molar-refractivity contribution in [2.24, 2.45) is 7.05 Å². The van der Waals surface area contributed by atoms with Gasteiger partial charge in [-0.1, -0.05) is 72.8 Å². The summed E-state index contributed by atoms with van der Waals surface area (Å²) in [6.07, 6.45) is 3.51. The Morgan fingerprint density at radius 3 is 1.87 bits per heavy atom. The Balaban J connectivity index is 1.49. The second-order valence-electron chi connectivity index (χ2n) is 7.40. The summed E-state index contributed by atoms with van der Waals surface area (Å²) in [6.45, 7) is 0. The molecule has 4 heteroatoms. The number of carbonyl (C=O) groups is 1. The molecule has 0 aliphatic rings. The molecule has 0 spiro atoms. The average Bonchev–Trinajstić information content (AvgIpc) is 2.81. The van der Waals surface area contributed by atoms with E-state index in [1.54, 1.807) is 36.4 Å². The highest BCUT2D eigenvalue weighted by atomic mass is 16.1. The number of hydrogen-bond donors (Lipinski definition) is 1. The van der Waals surface area contributed by atoms with Crippen molar-refractivity contribution in [3.8, 4) is 11.1 Å². The van der Waals surface area contributed by atoms with Crippen LogP contribution in [0.5, 0.6) is 0 Å². The Bertz CT molecular complexity index is 1170. The van der Waals surface area contributed by atoms with Gasteiger partial charge in [0.25, 0.3) is 0 Å². The van der Waals surface area contributed by atoms with Crippen molar-refractivity contribution in [2.45, 2.75) is 5.92 Å². The molecule has 1 radical (unpaired) electrons. The molecule has 0 fully saturated rings. The van der Waals surface area contributed by atoms with Crippen LogP contribution in [0.15, 0.2) is 108 Å². The van der Waals surface area contributed by atoms with Crippen LogP contribution in [0.1, 0.15) is 17.0 Å². The third kappa shape index (κ3) is 4.98. The van der Waals surface area contributed by atoms with Crippen LogP contribution in [0.2, 0.25) is 0 Å². The third-order valence-corrected chi connectivity index (χ3v) is 5.21. The highest BCUT2D eigenvalue weighted by molar-refractivity contribution is 5.98. The minimum absolute atomic E-state index is 0.0467. The molecule has 31 heavy (non-hydrogen) atoms. The number of hydrogen-bond acceptors (Lipinski definition) is 2. The molecule has 1 N–H and O–H groups in total. The lowest BCUT2D eigenvalue weighted by Crippen LogP contribution is -2.17. The standard InChI is InChI=1S/C27H23N2O2/c1-29-19-23(14-17-27(29)31)20-12-15-24(16-13-20)28-26(30)18-25(21-8-4-2-5-9-21)22-10-6-3-7-11-22/h2-19,25H,1H3,(H,28,30). The van der Waals surface area contributed by atoms with Crippen molar-refractivity contribution in [2.75, 3.05) is 5.32 Å². The zero-order valence-corrected chi connectivity index (χ0v) is 17.2. The van der Waals surface area contributed by atoms with E-state index in [-0.39, 0.29) is 17.4 Å². The van der Waals surface area contributed by atoms with E-state index in [0.29, 0.717) is 0 Å². The highest BCUT2D eigenvalue weighted by Gasteiger charge is 2.18. The molecule has 0 aliphatic heterocycles. The zero-order valence-electron chi connectivity index (χ0n) is 17.2. The fourth-order valence-electron chi connectivity index (χ4n) is 3.55. The van der Waals surface area contributed by atoms with Gasteiger partial charge >= 0.3 is 0 Å². The van der Waals surface area contributed by atoms with Crippen LogP contribution < -0.4 is 10.9 Å². The van der Waals surface area contributed by atoms with Gasteiger partial charge < -0.3 is 9.88 Å². The Labute approximate surface area is 181 Å². The van der Waals surface area contributed by atoms with Gasteiger partial charge in [0.2, 0.25) is 11.5 Å². The second kappa shape index (κ2) is 9.26. The minimum atomic E-state index is -0.160. The molecule has 0 bridgehead atoms. The number of aryl methyl sites for hydroxylation is 1. The van der Waals surface area contributed by atoms with E-state index in [1.165, 1.54) is 0 Å². The number of nitrogens with one attached hydrogen (secondary N) is 1. The average molecular weight is 407 g/mol. The first-order valence-electron chi connectivity index (χ1n) is 10.1. The molecule has 1 heterocycles. The molecule has 0 aliphatic carbocycles. The first-order chi connectivity index (χ1) is 15.1. The summed E-state index contributed by atoms with van der Waals surface area (Å²) in [5.74, 6) is -0.292. The Morgan fingerprint density at radius 2 is 1.32 bits per heavy atom. The van der Waals surface area contributed by atoms with Gasteiger partial charge in [0.05, 0.1) is 6.42 Å². The number of benzene rings is 3. The maximum Gasteiger partial charge on any atom is 0.250 e. The molecular weight excluding hydrogens is 384 g/mol. The fraction of sp³-hybridized carbons (Fsp3) is 0.0741. The van der Waals surface area contributed by atoms with Crippen molar-refractivity contribution in [3.63, 3.8) is 0 Å². The lowest BCUT2D eigenvalue weighted by atomic mass is 9.88. The second-order valence-corrected chi connectivity index (χ2v) is 7.40. The molecule has 1 amide bonds. The molecule has 1 aromatic heterocycles. The normalized spacial score (nSPS) is 10.8. The molecule has 0 saturated heterocycles. The number of rotatable bonds is 6. The van der Waals surface area contributed by atoms with Crippen molar-refractivity contribution in [1.29, 1.82) is 0 Å². The van der Waals surface area contributed by atoms with Crippen molar-refractivity contribution < 1.29 is 4.79 Å². The van der Waals surface area contributed by atoms with Crippen LogP contribution in [0.3, 0.4) is 0 Å². The number of aromatic nitrogens is 1. The Morgan fingerprint density at radius 1 is 0.774 bits per heavy atom. The van der Waals surface area contributed by atoms with Crippen molar-refractivity contribution in [3.05, 3.63) is 131 Å². The molecule has 4 nitrogen and oxygen atoms in total. The zero-order chi connectivity index (χ0) is 21.6. The predicted octanol–water partition coefficient (Wildman–Crippen LogP) is 5.03. The minimum Gasteiger partial charge on any atom is -0.326 e. The number of nitrogens with zero attached hydrogens (tertiary/aromatic N) is 1. The van der Waals surface area contributed by atoms with Crippen LogP contribution >= 0.6 is 0 Å². The van der Waals surface area contributed by atoms with E-state index in [9.17, 15) is 9.59 Å². The molecule has 4 rings (SSSR count). The summed E-state index contributed by atoms with van der Waals surface area (Å²) >= 11 is 0. The summed E-state index contributed by atoms with van der Waals surface area (Å²) in [5.41, 5.74) is 4.72. The lowest BCUT2D eigenvalue weighted by molar-refractivity contribution is -0.113. The quantitative estimate of drug-likeness (QED) is 0.488. The lowest BCUT2D eigenvalue weighted by Gasteiger charge is -2.17. The third-order valence-electron chi connectivity index (χ3n) is 5.21. The SMILES string of the molecule is Cn1cc(-c2ccc(NC(=O)[CH]C(c3ccccc3)c3ccccc3)cc2)ccc1=O. The van der Waals surface area contributed by atoms with Gasteiger partial charge in [-0.25, -0.2) is 0 Å². The summed E-state index contributed by atoms with van der Waals surface area (Å²) in [4.78, 5) is 24.4. The number of carbonyl (C=O) groups excluding carboxylic acids is 1.